The van der Waals surface area contributed by atoms with Gasteiger partial charge in [0.05, 0.1) is 0 Å². The highest BCUT2D eigenvalue weighted by Crippen LogP contribution is 2.23. The van der Waals surface area contributed by atoms with Crippen molar-refractivity contribution in [2.45, 2.75) is 13.3 Å². The summed E-state index contributed by atoms with van der Waals surface area (Å²) in [6.45, 7) is 4.69. The summed E-state index contributed by atoms with van der Waals surface area (Å²) in [5, 5.41) is 3.26. The lowest BCUT2D eigenvalue weighted by molar-refractivity contribution is -0.124. The predicted molar refractivity (Wildman–Crippen MR) is 102 cm³/mol. The Labute approximate surface area is 150 Å². The summed E-state index contributed by atoms with van der Waals surface area (Å²) in [5.74, 6) is 0.760. The molecule has 1 fully saturated rings. The quantitative estimate of drug-likeness (QED) is 0.869. The molecule has 0 saturated carbocycles. The van der Waals surface area contributed by atoms with Gasteiger partial charge in [0.2, 0.25) is 5.91 Å². The minimum absolute atomic E-state index is 0. The van der Waals surface area contributed by atoms with Gasteiger partial charge in [-0.1, -0.05) is 55.5 Å². The van der Waals surface area contributed by atoms with Crippen LogP contribution in [0.4, 0.5) is 5.69 Å². The third kappa shape index (κ3) is 4.37. The highest BCUT2D eigenvalue weighted by atomic mass is 35.5. The van der Waals surface area contributed by atoms with Gasteiger partial charge in [0.15, 0.2) is 0 Å². The third-order valence-corrected chi connectivity index (χ3v) is 4.71. The van der Waals surface area contributed by atoms with Crippen molar-refractivity contribution in [3.63, 3.8) is 0 Å². The minimum atomic E-state index is 0. The second-order valence-corrected chi connectivity index (χ2v) is 6.27. The van der Waals surface area contributed by atoms with Crippen LogP contribution in [0.25, 0.3) is 0 Å². The van der Waals surface area contributed by atoms with Crippen molar-refractivity contribution in [3.05, 3.63) is 66.2 Å². The van der Waals surface area contributed by atoms with Crippen LogP contribution >= 0.6 is 12.4 Å². The Morgan fingerprint density at radius 3 is 2.21 bits per heavy atom. The van der Waals surface area contributed by atoms with Gasteiger partial charge in [0.1, 0.15) is 0 Å². The van der Waals surface area contributed by atoms with Crippen LogP contribution in [-0.2, 0) is 11.2 Å². The monoisotopic (exact) mass is 344 g/mol. The van der Waals surface area contributed by atoms with E-state index in [1.165, 1.54) is 5.56 Å². The molecule has 24 heavy (non-hydrogen) atoms. The number of amides is 1. The Hall–Kier alpha value is -1.84. The second-order valence-electron chi connectivity index (χ2n) is 6.27. The molecule has 0 bridgehead atoms. The first-order valence-corrected chi connectivity index (χ1v) is 8.37. The van der Waals surface area contributed by atoms with Gasteiger partial charge in [0, 0.05) is 18.2 Å². The van der Waals surface area contributed by atoms with Crippen LogP contribution in [0, 0.1) is 11.8 Å². The van der Waals surface area contributed by atoms with Crippen LogP contribution in [0.3, 0.4) is 0 Å². The Morgan fingerprint density at radius 2 is 1.67 bits per heavy atom. The lowest BCUT2D eigenvalue weighted by Gasteiger charge is -2.35. The molecule has 0 aromatic heterocycles. The van der Waals surface area contributed by atoms with Crippen molar-refractivity contribution >= 4 is 24.0 Å². The molecule has 2 aromatic rings. The Bertz CT molecular complexity index is 629. The predicted octanol–water partition coefficient (Wildman–Crippen LogP) is 3.54. The molecule has 1 aliphatic heterocycles. The summed E-state index contributed by atoms with van der Waals surface area (Å²) in [7, 11) is 0. The lowest BCUT2D eigenvalue weighted by Crippen LogP contribution is -2.50. The van der Waals surface area contributed by atoms with Gasteiger partial charge in [-0.05, 0) is 43.1 Å². The van der Waals surface area contributed by atoms with Crippen molar-refractivity contribution in [1.82, 2.24) is 5.32 Å². The zero-order valence-electron chi connectivity index (χ0n) is 14.0. The number of rotatable bonds is 6. The normalized spacial score (nSPS) is 15.0. The van der Waals surface area contributed by atoms with Crippen molar-refractivity contribution in [2.75, 3.05) is 24.5 Å². The summed E-state index contributed by atoms with van der Waals surface area (Å²) in [5.41, 5.74) is 2.26. The molecule has 1 unspecified atom stereocenters. The zero-order valence-corrected chi connectivity index (χ0v) is 14.8. The maximum atomic E-state index is 13.0. The van der Waals surface area contributed by atoms with Crippen molar-refractivity contribution in [1.29, 1.82) is 0 Å². The number of halogens is 1. The molecule has 4 heteroatoms. The van der Waals surface area contributed by atoms with Gasteiger partial charge in [0.25, 0.3) is 0 Å². The summed E-state index contributed by atoms with van der Waals surface area (Å²) < 4.78 is 0. The van der Waals surface area contributed by atoms with Gasteiger partial charge in [-0.3, -0.25) is 4.79 Å². The van der Waals surface area contributed by atoms with E-state index in [0.29, 0.717) is 5.92 Å². The van der Waals surface area contributed by atoms with Crippen LogP contribution in [0.5, 0.6) is 0 Å². The van der Waals surface area contributed by atoms with E-state index in [9.17, 15) is 4.79 Å². The first kappa shape index (κ1) is 18.5. The van der Waals surface area contributed by atoms with E-state index in [1.807, 2.05) is 53.4 Å². The molecule has 1 heterocycles. The highest BCUT2D eigenvalue weighted by molar-refractivity contribution is 5.95. The molecule has 1 N–H and O–H groups in total. The third-order valence-electron chi connectivity index (χ3n) is 4.71. The zero-order chi connectivity index (χ0) is 16.1. The topological polar surface area (TPSA) is 32.3 Å². The first-order valence-electron chi connectivity index (χ1n) is 8.37. The van der Waals surface area contributed by atoms with Crippen LogP contribution in [0.1, 0.15) is 12.5 Å². The molecule has 128 valence electrons. The van der Waals surface area contributed by atoms with E-state index >= 15 is 0 Å². The highest BCUT2D eigenvalue weighted by Gasteiger charge is 2.32. The smallest absolute Gasteiger partial charge is 0.230 e. The Kier molecular flexibility index (Phi) is 6.83. The van der Waals surface area contributed by atoms with E-state index in [-0.39, 0.29) is 24.2 Å². The van der Waals surface area contributed by atoms with Gasteiger partial charge >= 0.3 is 0 Å². The van der Waals surface area contributed by atoms with E-state index < -0.39 is 0 Å². The number of nitrogens with one attached hydrogen (secondary N) is 1. The number of hydrogen-bond acceptors (Lipinski definition) is 2. The summed E-state index contributed by atoms with van der Waals surface area (Å²) in [6.07, 6.45) is 0.872. The number of anilines is 1. The standard InChI is InChI=1S/C20H24N2O.ClH/c1-16(18-14-21-15-18)20(23)22(19-10-6-3-7-11-19)13-12-17-8-4-2-5-9-17;/h2-11,16,18,21H,12-15H2,1H3;1H. The van der Waals surface area contributed by atoms with E-state index in [2.05, 4.69) is 24.4 Å². The average Bonchev–Trinajstić information content (AvgIpc) is 2.55. The fourth-order valence-corrected chi connectivity index (χ4v) is 2.97. The van der Waals surface area contributed by atoms with Crippen LogP contribution in [0.15, 0.2) is 60.7 Å². The number of hydrogen-bond donors (Lipinski definition) is 1. The van der Waals surface area contributed by atoms with Gasteiger partial charge in [-0.25, -0.2) is 0 Å². The van der Waals surface area contributed by atoms with Crippen LogP contribution in [-0.4, -0.2) is 25.5 Å². The summed E-state index contributed by atoms with van der Waals surface area (Å²) in [4.78, 5) is 15.0. The van der Waals surface area contributed by atoms with E-state index in [1.54, 1.807) is 0 Å². The number of carbonyl (C=O) groups is 1. The Balaban J connectivity index is 0.00000208. The molecule has 0 radical (unpaired) electrons. The van der Waals surface area contributed by atoms with Crippen molar-refractivity contribution in [2.24, 2.45) is 11.8 Å². The van der Waals surface area contributed by atoms with Crippen molar-refractivity contribution in [3.8, 4) is 0 Å². The SMILES string of the molecule is CC(C(=O)N(CCc1ccccc1)c1ccccc1)C1CNC1.Cl. The maximum absolute atomic E-state index is 13.0. The number of benzene rings is 2. The fraction of sp³-hybridized carbons (Fsp3) is 0.350. The number of nitrogens with zero attached hydrogens (tertiary/aromatic N) is 1. The molecule has 1 amide bonds. The van der Waals surface area contributed by atoms with Crippen LogP contribution in [0.2, 0.25) is 0 Å². The summed E-state index contributed by atoms with van der Waals surface area (Å²) >= 11 is 0. The molecule has 3 rings (SSSR count). The van der Waals surface area contributed by atoms with E-state index in [4.69, 9.17) is 0 Å². The second kappa shape index (κ2) is 8.86. The molecule has 1 aliphatic rings. The van der Waals surface area contributed by atoms with Gasteiger partial charge in [-0.2, -0.15) is 0 Å². The van der Waals surface area contributed by atoms with Crippen LogP contribution < -0.4 is 10.2 Å². The van der Waals surface area contributed by atoms with Gasteiger partial charge in [-0.15, -0.1) is 12.4 Å². The van der Waals surface area contributed by atoms with E-state index in [0.717, 1.165) is 31.7 Å². The lowest BCUT2D eigenvalue weighted by atomic mass is 9.87. The van der Waals surface area contributed by atoms with Gasteiger partial charge < -0.3 is 10.2 Å². The summed E-state index contributed by atoms with van der Waals surface area (Å²) in [6, 6.07) is 20.4. The number of carbonyl (C=O) groups excluding carboxylic acids is 1. The van der Waals surface area contributed by atoms with Crippen molar-refractivity contribution < 1.29 is 4.79 Å². The largest absolute Gasteiger partial charge is 0.316 e. The average molecular weight is 345 g/mol. The molecule has 0 aliphatic carbocycles. The molecule has 1 atom stereocenters. The fourth-order valence-electron chi connectivity index (χ4n) is 2.97. The molecule has 2 aromatic carbocycles. The molecule has 1 saturated heterocycles. The Morgan fingerprint density at radius 1 is 1.08 bits per heavy atom. The maximum Gasteiger partial charge on any atom is 0.230 e. The molecule has 3 nitrogen and oxygen atoms in total. The molecule has 0 spiro atoms. The molecular weight excluding hydrogens is 320 g/mol. The molecular formula is C20H25ClN2O. The number of para-hydroxylation sites is 1. The first-order chi connectivity index (χ1) is 11.3. The minimum Gasteiger partial charge on any atom is -0.316 e.